The van der Waals surface area contributed by atoms with E-state index >= 15 is 0 Å². The van der Waals surface area contributed by atoms with Crippen LogP contribution in [-0.2, 0) is 0 Å². The van der Waals surface area contributed by atoms with Gasteiger partial charge in [0.05, 0.1) is 11.8 Å². The molecule has 0 radical (unpaired) electrons. The fourth-order valence-electron chi connectivity index (χ4n) is 1.38. The van der Waals surface area contributed by atoms with Gasteiger partial charge in [0.15, 0.2) is 11.6 Å². The third-order valence-corrected chi connectivity index (χ3v) is 2.08. The van der Waals surface area contributed by atoms with Crippen LogP contribution in [0, 0.1) is 5.82 Å². The van der Waals surface area contributed by atoms with Crippen molar-refractivity contribution in [2.45, 2.75) is 19.9 Å². The fraction of sp³-hybridized carbons (Fsp3) is 0.300. The second-order valence-electron chi connectivity index (χ2n) is 3.48. The number of rotatable bonds is 2. The molecule has 4 nitrogen and oxygen atoms in total. The van der Waals surface area contributed by atoms with Crippen molar-refractivity contribution in [3.63, 3.8) is 0 Å². The van der Waals surface area contributed by atoms with Crippen LogP contribution in [0.1, 0.15) is 19.9 Å². The topological polar surface area (TPSA) is 43.6 Å². The highest BCUT2D eigenvalue weighted by molar-refractivity contribution is 5.54. The third kappa shape index (κ3) is 1.72. The molecule has 0 aromatic carbocycles. The zero-order chi connectivity index (χ0) is 10.8. The largest absolute Gasteiger partial charge is 0.262 e. The van der Waals surface area contributed by atoms with E-state index in [1.54, 1.807) is 10.7 Å². The van der Waals surface area contributed by atoms with Gasteiger partial charge in [-0.05, 0) is 19.9 Å². The predicted molar refractivity (Wildman–Crippen MR) is 53.6 cm³/mol. The second-order valence-corrected chi connectivity index (χ2v) is 3.48. The zero-order valence-corrected chi connectivity index (χ0v) is 8.55. The fourth-order valence-corrected chi connectivity index (χ4v) is 1.38. The Labute approximate surface area is 86.8 Å². The number of hydrogen-bond donors (Lipinski definition) is 0. The predicted octanol–water partition coefficient (Wildman–Crippen LogP) is 2.06. The smallest absolute Gasteiger partial charge is 0.161 e. The summed E-state index contributed by atoms with van der Waals surface area (Å²) in [5, 5.41) is 4.05. The third-order valence-electron chi connectivity index (χ3n) is 2.08. The molecule has 2 rings (SSSR count). The molecule has 0 bridgehead atoms. The molecule has 0 unspecified atom stereocenters. The Bertz CT molecular complexity index is 464. The summed E-state index contributed by atoms with van der Waals surface area (Å²) >= 11 is 0. The Balaban J connectivity index is 2.55. The molecule has 5 heteroatoms. The van der Waals surface area contributed by atoms with Crippen molar-refractivity contribution in [2.75, 3.05) is 0 Å². The Hall–Kier alpha value is -1.78. The number of hydrogen-bond acceptors (Lipinski definition) is 3. The van der Waals surface area contributed by atoms with Crippen LogP contribution in [0.3, 0.4) is 0 Å². The number of halogens is 1. The molecular weight excluding hydrogens is 195 g/mol. The monoisotopic (exact) mass is 206 g/mol. The van der Waals surface area contributed by atoms with Gasteiger partial charge in [-0.25, -0.2) is 14.1 Å². The SMILES string of the molecule is CC(C)n1ncnc1-c1ccncc1F. The molecule has 78 valence electrons. The highest BCUT2D eigenvalue weighted by atomic mass is 19.1. The maximum atomic E-state index is 13.5. The van der Waals surface area contributed by atoms with Gasteiger partial charge < -0.3 is 0 Å². The average Bonchev–Trinajstić information content (AvgIpc) is 2.67. The minimum Gasteiger partial charge on any atom is -0.262 e. The molecule has 0 fully saturated rings. The van der Waals surface area contributed by atoms with Crippen molar-refractivity contribution in [1.82, 2.24) is 19.7 Å². The van der Waals surface area contributed by atoms with Crippen LogP contribution < -0.4 is 0 Å². The highest BCUT2D eigenvalue weighted by Crippen LogP contribution is 2.21. The molecule has 0 atom stereocenters. The number of nitrogens with zero attached hydrogens (tertiary/aromatic N) is 4. The van der Waals surface area contributed by atoms with Crippen LogP contribution in [-0.4, -0.2) is 19.7 Å². The van der Waals surface area contributed by atoms with Crippen molar-refractivity contribution in [1.29, 1.82) is 0 Å². The maximum Gasteiger partial charge on any atom is 0.161 e. The molecule has 0 aliphatic rings. The van der Waals surface area contributed by atoms with Gasteiger partial charge in [-0.2, -0.15) is 5.10 Å². The molecule has 0 amide bonds. The van der Waals surface area contributed by atoms with Crippen LogP contribution in [0.5, 0.6) is 0 Å². The first kappa shape index (κ1) is 9.76. The van der Waals surface area contributed by atoms with Crippen LogP contribution in [0.25, 0.3) is 11.4 Å². The maximum absolute atomic E-state index is 13.5. The molecule has 15 heavy (non-hydrogen) atoms. The number of aromatic nitrogens is 4. The van der Waals surface area contributed by atoms with E-state index in [1.807, 2.05) is 13.8 Å². The minimum atomic E-state index is -0.382. The van der Waals surface area contributed by atoms with E-state index < -0.39 is 0 Å². The van der Waals surface area contributed by atoms with Gasteiger partial charge in [0, 0.05) is 12.2 Å². The van der Waals surface area contributed by atoms with E-state index in [9.17, 15) is 4.39 Å². The van der Waals surface area contributed by atoms with Crippen LogP contribution >= 0.6 is 0 Å². The Morgan fingerprint density at radius 2 is 2.20 bits per heavy atom. The van der Waals surface area contributed by atoms with Crippen molar-refractivity contribution in [3.05, 3.63) is 30.6 Å². The summed E-state index contributed by atoms with van der Waals surface area (Å²) in [5.74, 6) is 0.150. The molecule has 2 aromatic rings. The molecule has 0 aliphatic heterocycles. The lowest BCUT2D eigenvalue weighted by atomic mass is 10.2. The van der Waals surface area contributed by atoms with Crippen molar-refractivity contribution in [2.24, 2.45) is 0 Å². The van der Waals surface area contributed by atoms with Gasteiger partial charge in [-0.15, -0.1) is 0 Å². The summed E-state index contributed by atoms with van der Waals surface area (Å²) in [6.07, 6.45) is 4.14. The summed E-state index contributed by atoms with van der Waals surface area (Å²) in [4.78, 5) is 7.75. The van der Waals surface area contributed by atoms with Gasteiger partial charge in [0.25, 0.3) is 0 Å². The summed E-state index contributed by atoms with van der Waals surface area (Å²) in [7, 11) is 0. The number of pyridine rings is 1. The van der Waals surface area contributed by atoms with E-state index in [2.05, 4.69) is 15.1 Å². The van der Waals surface area contributed by atoms with Crippen LogP contribution in [0.15, 0.2) is 24.8 Å². The standard InChI is InChI=1S/C10H11FN4/c1-7(2)15-10(13-6-14-15)8-3-4-12-5-9(8)11/h3-7H,1-2H3. The first-order valence-corrected chi connectivity index (χ1v) is 4.69. The van der Waals surface area contributed by atoms with Crippen molar-refractivity contribution >= 4 is 0 Å². The van der Waals surface area contributed by atoms with Gasteiger partial charge in [0.1, 0.15) is 6.33 Å². The summed E-state index contributed by atoms with van der Waals surface area (Å²) in [6.45, 7) is 3.94. The van der Waals surface area contributed by atoms with Gasteiger partial charge in [-0.1, -0.05) is 0 Å². The Morgan fingerprint density at radius 1 is 1.40 bits per heavy atom. The Morgan fingerprint density at radius 3 is 2.87 bits per heavy atom. The van der Waals surface area contributed by atoms with Crippen molar-refractivity contribution < 1.29 is 4.39 Å². The van der Waals surface area contributed by atoms with E-state index in [1.165, 1.54) is 18.7 Å². The summed E-state index contributed by atoms with van der Waals surface area (Å²) in [5.41, 5.74) is 0.427. The molecule has 2 aromatic heterocycles. The summed E-state index contributed by atoms with van der Waals surface area (Å²) < 4.78 is 15.1. The molecular formula is C10H11FN4. The van der Waals surface area contributed by atoms with Gasteiger partial charge >= 0.3 is 0 Å². The average molecular weight is 206 g/mol. The second kappa shape index (κ2) is 3.76. The van der Waals surface area contributed by atoms with Crippen molar-refractivity contribution in [3.8, 4) is 11.4 Å². The lowest BCUT2D eigenvalue weighted by molar-refractivity contribution is 0.534. The zero-order valence-electron chi connectivity index (χ0n) is 8.55. The van der Waals surface area contributed by atoms with E-state index in [-0.39, 0.29) is 11.9 Å². The molecule has 0 saturated carbocycles. The normalized spacial score (nSPS) is 10.9. The van der Waals surface area contributed by atoms with Gasteiger partial charge in [0.2, 0.25) is 0 Å². The van der Waals surface area contributed by atoms with E-state index in [0.29, 0.717) is 11.4 Å². The quantitative estimate of drug-likeness (QED) is 0.755. The van der Waals surface area contributed by atoms with Gasteiger partial charge in [-0.3, -0.25) is 4.98 Å². The first-order chi connectivity index (χ1) is 7.20. The van der Waals surface area contributed by atoms with Crippen LogP contribution in [0.2, 0.25) is 0 Å². The lowest BCUT2D eigenvalue weighted by Crippen LogP contribution is -2.05. The highest BCUT2D eigenvalue weighted by Gasteiger charge is 2.13. The van der Waals surface area contributed by atoms with E-state index in [0.717, 1.165) is 0 Å². The minimum absolute atomic E-state index is 0.148. The molecule has 2 heterocycles. The lowest BCUT2D eigenvalue weighted by Gasteiger charge is -2.09. The molecule has 0 N–H and O–H groups in total. The molecule has 0 saturated heterocycles. The molecule has 0 spiro atoms. The van der Waals surface area contributed by atoms with E-state index in [4.69, 9.17) is 0 Å². The Kier molecular flexibility index (Phi) is 2.45. The van der Waals surface area contributed by atoms with Crippen LogP contribution in [0.4, 0.5) is 4.39 Å². The molecule has 0 aliphatic carbocycles. The summed E-state index contributed by atoms with van der Waals surface area (Å²) in [6, 6.07) is 1.74. The first-order valence-electron chi connectivity index (χ1n) is 4.69.